The van der Waals surface area contributed by atoms with E-state index in [2.05, 4.69) is 10.5 Å². The van der Waals surface area contributed by atoms with E-state index in [4.69, 9.17) is 4.52 Å². The second kappa shape index (κ2) is 5.50. The molecule has 0 unspecified atom stereocenters. The first kappa shape index (κ1) is 14.1. The fourth-order valence-electron chi connectivity index (χ4n) is 3.32. The lowest BCUT2D eigenvalue weighted by molar-refractivity contribution is -0.132. The maximum Gasteiger partial charge on any atom is 0.325 e. The van der Waals surface area contributed by atoms with Gasteiger partial charge in [0.1, 0.15) is 17.0 Å². The van der Waals surface area contributed by atoms with Gasteiger partial charge in [-0.15, -0.1) is 0 Å². The number of hydrogen-bond acceptors (Lipinski definition) is 4. The van der Waals surface area contributed by atoms with Gasteiger partial charge in [-0.25, -0.2) is 4.79 Å². The number of nitrogens with one attached hydrogen (secondary N) is 1. The lowest BCUT2D eigenvalue weighted by atomic mass is 9.84. The Bertz CT molecular complexity index is 544. The Morgan fingerprint density at radius 1 is 1.24 bits per heavy atom. The van der Waals surface area contributed by atoms with Crippen LogP contribution in [-0.2, 0) is 11.3 Å². The lowest BCUT2D eigenvalue weighted by Crippen LogP contribution is -2.47. The third-order valence-corrected chi connectivity index (χ3v) is 4.45. The van der Waals surface area contributed by atoms with Gasteiger partial charge in [0.05, 0.1) is 6.54 Å². The van der Waals surface area contributed by atoms with E-state index in [-0.39, 0.29) is 18.5 Å². The fourth-order valence-corrected chi connectivity index (χ4v) is 3.32. The SMILES string of the molecule is Cc1cc(CN2C(=O)NC3(CCCCCCC3)C2=O)no1. The average Bonchev–Trinajstić information content (AvgIpc) is 2.92. The number of carbonyl (C=O) groups excluding carboxylic acids is 2. The average molecular weight is 291 g/mol. The zero-order valence-electron chi connectivity index (χ0n) is 12.4. The summed E-state index contributed by atoms with van der Waals surface area (Å²) in [6, 6.07) is 1.45. The monoisotopic (exact) mass is 291 g/mol. The predicted octanol–water partition coefficient (Wildman–Crippen LogP) is 2.52. The van der Waals surface area contributed by atoms with Crippen molar-refractivity contribution in [3.05, 3.63) is 17.5 Å². The molecule has 1 aromatic rings. The van der Waals surface area contributed by atoms with Crippen LogP contribution in [0.1, 0.15) is 56.4 Å². The molecular formula is C15H21N3O3. The number of aromatic nitrogens is 1. The molecule has 1 aromatic heterocycles. The van der Waals surface area contributed by atoms with Crippen LogP contribution in [0.15, 0.2) is 10.6 Å². The van der Waals surface area contributed by atoms with Gasteiger partial charge in [0.15, 0.2) is 0 Å². The van der Waals surface area contributed by atoms with Crippen molar-refractivity contribution in [2.75, 3.05) is 0 Å². The summed E-state index contributed by atoms with van der Waals surface area (Å²) >= 11 is 0. The van der Waals surface area contributed by atoms with Crippen LogP contribution in [0.3, 0.4) is 0 Å². The minimum absolute atomic E-state index is 0.102. The smallest absolute Gasteiger partial charge is 0.325 e. The summed E-state index contributed by atoms with van der Waals surface area (Å²) in [4.78, 5) is 26.2. The second-order valence-electron chi connectivity index (χ2n) is 6.10. The normalized spacial score (nSPS) is 22.2. The number of carbonyl (C=O) groups is 2. The molecule has 0 atom stereocenters. The Morgan fingerprint density at radius 2 is 1.90 bits per heavy atom. The largest absolute Gasteiger partial charge is 0.361 e. The molecule has 114 valence electrons. The molecule has 3 rings (SSSR count). The number of imide groups is 1. The molecule has 1 spiro atoms. The van der Waals surface area contributed by atoms with E-state index in [1.807, 2.05) is 0 Å². The molecule has 2 aliphatic rings. The number of hydrogen-bond donors (Lipinski definition) is 1. The van der Waals surface area contributed by atoms with Crippen LogP contribution >= 0.6 is 0 Å². The quantitative estimate of drug-likeness (QED) is 0.849. The summed E-state index contributed by atoms with van der Waals surface area (Å²) < 4.78 is 5.00. The third kappa shape index (κ3) is 2.66. The lowest BCUT2D eigenvalue weighted by Gasteiger charge is -2.28. The molecule has 1 N–H and O–H groups in total. The minimum Gasteiger partial charge on any atom is -0.361 e. The van der Waals surface area contributed by atoms with E-state index in [1.165, 1.54) is 11.3 Å². The first-order valence-electron chi connectivity index (χ1n) is 7.67. The van der Waals surface area contributed by atoms with Crippen LogP contribution < -0.4 is 5.32 Å². The number of aryl methyl sites for hydroxylation is 1. The highest BCUT2D eigenvalue weighted by atomic mass is 16.5. The second-order valence-corrected chi connectivity index (χ2v) is 6.10. The van der Waals surface area contributed by atoms with Crippen LogP contribution in [0.25, 0.3) is 0 Å². The van der Waals surface area contributed by atoms with Crippen molar-refractivity contribution < 1.29 is 14.1 Å². The van der Waals surface area contributed by atoms with Gasteiger partial charge in [0, 0.05) is 6.07 Å². The van der Waals surface area contributed by atoms with Crippen molar-refractivity contribution in [1.82, 2.24) is 15.4 Å². The van der Waals surface area contributed by atoms with Crippen LogP contribution in [-0.4, -0.2) is 27.5 Å². The van der Waals surface area contributed by atoms with Crippen LogP contribution in [0.5, 0.6) is 0 Å². The molecule has 21 heavy (non-hydrogen) atoms. The molecule has 0 radical (unpaired) electrons. The predicted molar refractivity (Wildman–Crippen MR) is 75.4 cm³/mol. The molecule has 3 amide bonds. The molecule has 1 aliphatic carbocycles. The van der Waals surface area contributed by atoms with Crippen LogP contribution in [0.4, 0.5) is 4.79 Å². The van der Waals surface area contributed by atoms with Gasteiger partial charge in [-0.2, -0.15) is 0 Å². The maximum atomic E-state index is 12.8. The highest BCUT2D eigenvalue weighted by Gasteiger charge is 2.50. The van der Waals surface area contributed by atoms with Gasteiger partial charge in [0.25, 0.3) is 5.91 Å². The molecule has 1 saturated carbocycles. The zero-order valence-corrected chi connectivity index (χ0v) is 12.4. The Labute approximate surface area is 123 Å². The van der Waals surface area contributed by atoms with Crippen molar-refractivity contribution in [3.8, 4) is 0 Å². The number of nitrogens with zero attached hydrogens (tertiary/aromatic N) is 2. The summed E-state index contributed by atoms with van der Waals surface area (Å²) in [7, 11) is 0. The number of urea groups is 1. The molecular weight excluding hydrogens is 270 g/mol. The molecule has 2 heterocycles. The summed E-state index contributed by atoms with van der Waals surface area (Å²) in [5.41, 5.74) is -0.0742. The topological polar surface area (TPSA) is 75.4 Å². The third-order valence-electron chi connectivity index (χ3n) is 4.45. The molecule has 6 heteroatoms. The van der Waals surface area contributed by atoms with Crippen molar-refractivity contribution in [1.29, 1.82) is 0 Å². The molecule has 0 bridgehead atoms. The minimum atomic E-state index is -0.684. The van der Waals surface area contributed by atoms with E-state index in [0.29, 0.717) is 11.5 Å². The summed E-state index contributed by atoms with van der Waals surface area (Å²) in [5.74, 6) is 0.577. The van der Waals surface area contributed by atoms with Gasteiger partial charge < -0.3 is 9.84 Å². The highest BCUT2D eigenvalue weighted by molar-refractivity contribution is 6.06. The molecule has 2 fully saturated rings. The number of rotatable bonds is 2. The Kier molecular flexibility index (Phi) is 3.69. The number of amides is 3. The summed E-state index contributed by atoms with van der Waals surface area (Å²) in [6.07, 6.45) is 6.95. The highest BCUT2D eigenvalue weighted by Crippen LogP contribution is 2.32. The van der Waals surface area contributed by atoms with Crippen molar-refractivity contribution in [3.63, 3.8) is 0 Å². The molecule has 1 saturated heterocycles. The van der Waals surface area contributed by atoms with Crippen molar-refractivity contribution in [2.45, 2.75) is 64.0 Å². The van der Waals surface area contributed by atoms with Gasteiger partial charge in [-0.1, -0.05) is 37.3 Å². The molecule has 0 aromatic carbocycles. The first-order chi connectivity index (χ1) is 10.1. The zero-order chi connectivity index (χ0) is 14.9. The van der Waals surface area contributed by atoms with Gasteiger partial charge in [0.2, 0.25) is 0 Å². The van der Waals surface area contributed by atoms with Gasteiger partial charge >= 0.3 is 6.03 Å². The fraction of sp³-hybridized carbons (Fsp3) is 0.667. The first-order valence-corrected chi connectivity index (χ1v) is 7.67. The Morgan fingerprint density at radius 3 is 2.52 bits per heavy atom. The Hall–Kier alpha value is -1.85. The van der Waals surface area contributed by atoms with Crippen LogP contribution in [0.2, 0.25) is 0 Å². The summed E-state index contributed by atoms with van der Waals surface area (Å²) in [5, 5.41) is 6.81. The molecule has 1 aliphatic heterocycles. The van der Waals surface area contributed by atoms with Gasteiger partial charge in [-0.3, -0.25) is 9.69 Å². The maximum absolute atomic E-state index is 12.8. The van der Waals surface area contributed by atoms with Crippen molar-refractivity contribution in [2.24, 2.45) is 0 Å². The molecule has 6 nitrogen and oxygen atoms in total. The van der Waals surface area contributed by atoms with Crippen molar-refractivity contribution >= 4 is 11.9 Å². The Balaban J connectivity index is 1.77. The summed E-state index contributed by atoms with van der Waals surface area (Å²) in [6.45, 7) is 1.97. The van der Waals surface area contributed by atoms with E-state index in [9.17, 15) is 9.59 Å². The van der Waals surface area contributed by atoms with E-state index < -0.39 is 5.54 Å². The standard InChI is InChI=1S/C15H21N3O3/c1-11-9-12(17-21-11)10-18-13(19)15(16-14(18)20)7-5-3-2-4-6-8-15/h9H,2-8,10H2,1H3,(H,16,20). The van der Waals surface area contributed by atoms with E-state index in [0.717, 1.165) is 38.5 Å². The van der Waals surface area contributed by atoms with E-state index in [1.54, 1.807) is 13.0 Å². The van der Waals surface area contributed by atoms with Gasteiger partial charge in [-0.05, 0) is 19.8 Å². The van der Waals surface area contributed by atoms with Crippen LogP contribution in [0, 0.1) is 6.92 Å². The van der Waals surface area contributed by atoms with E-state index >= 15 is 0 Å².